The van der Waals surface area contributed by atoms with E-state index in [0.717, 1.165) is 27.9 Å². The number of aromatic nitrogens is 2. The molecule has 0 saturated heterocycles. The molecular weight excluding hydrogens is 354 g/mol. The summed E-state index contributed by atoms with van der Waals surface area (Å²) in [5, 5.41) is 3.69. The minimum absolute atomic E-state index is 0.0726. The van der Waals surface area contributed by atoms with Gasteiger partial charge < -0.3 is 9.42 Å². The predicted molar refractivity (Wildman–Crippen MR) is 107 cm³/mol. The number of carbonyl (C=O) groups is 2. The van der Waals surface area contributed by atoms with Crippen LogP contribution < -0.4 is 4.90 Å². The third-order valence-electron chi connectivity index (χ3n) is 4.82. The van der Waals surface area contributed by atoms with Crippen LogP contribution in [0, 0.1) is 13.8 Å². The Labute approximate surface area is 164 Å². The second-order valence-corrected chi connectivity index (χ2v) is 6.75. The van der Waals surface area contributed by atoms with E-state index in [9.17, 15) is 9.59 Å². The highest BCUT2D eigenvalue weighted by atomic mass is 16.5. The topological polar surface area (TPSA) is 76.3 Å². The Balaban J connectivity index is 1.78. The molecule has 144 valence electrons. The van der Waals surface area contributed by atoms with Crippen molar-refractivity contribution in [2.45, 2.75) is 33.6 Å². The summed E-state index contributed by atoms with van der Waals surface area (Å²) >= 11 is 0. The van der Waals surface area contributed by atoms with E-state index in [0.29, 0.717) is 17.9 Å². The number of aryl methyl sites for hydroxylation is 2. The molecule has 0 radical (unpaired) electrons. The Hall–Kier alpha value is -3.28. The third-order valence-corrected chi connectivity index (χ3v) is 4.82. The van der Waals surface area contributed by atoms with Crippen molar-refractivity contribution in [1.82, 2.24) is 10.1 Å². The summed E-state index contributed by atoms with van der Waals surface area (Å²) in [6.45, 7) is 5.61. The van der Waals surface area contributed by atoms with Gasteiger partial charge in [0.15, 0.2) is 5.78 Å². The first-order valence-corrected chi connectivity index (χ1v) is 9.17. The van der Waals surface area contributed by atoms with Gasteiger partial charge >= 0.3 is 0 Å². The second-order valence-electron chi connectivity index (χ2n) is 6.75. The normalized spacial score (nSPS) is 10.7. The summed E-state index contributed by atoms with van der Waals surface area (Å²) in [5.74, 6) is 0.639. The summed E-state index contributed by atoms with van der Waals surface area (Å²) in [7, 11) is 1.78. The van der Waals surface area contributed by atoms with Gasteiger partial charge in [0, 0.05) is 42.9 Å². The molecule has 2 heterocycles. The zero-order chi connectivity index (χ0) is 20.3. The van der Waals surface area contributed by atoms with Gasteiger partial charge in [-0.1, -0.05) is 24.2 Å². The molecule has 0 unspecified atom stereocenters. The quantitative estimate of drug-likeness (QED) is 0.603. The maximum absolute atomic E-state index is 12.4. The molecule has 3 aromatic rings. The van der Waals surface area contributed by atoms with E-state index >= 15 is 0 Å². The fourth-order valence-electron chi connectivity index (χ4n) is 3.06. The standard InChI is InChI=1S/C22H23N3O3/c1-5-22(27)25(4)20-9-7-16(10-14(20)2)17-6-8-19(23-12-17)21(26)11-18-13-24-28-15(18)3/h6-10,12-13H,5,11H2,1-4H3. The molecule has 0 N–H and O–H groups in total. The van der Waals surface area contributed by atoms with E-state index in [-0.39, 0.29) is 18.1 Å². The third kappa shape index (κ3) is 4.01. The zero-order valence-corrected chi connectivity index (χ0v) is 16.5. The number of ketones is 1. The average molecular weight is 377 g/mol. The predicted octanol–water partition coefficient (Wildman–Crippen LogP) is 4.15. The number of hydrogen-bond donors (Lipinski definition) is 0. The number of pyridine rings is 1. The lowest BCUT2D eigenvalue weighted by Crippen LogP contribution is -2.25. The van der Waals surface area contributed by atoms with Crippen LogP contribution in [0.1, 0.15) is 40.7 Å². The molecule has 0 bridgehead atoms. The first-order valence-electron chi connectivity index (χ1n) is 9.17. The lowest BCUT2D eigenvalue weighted by atomic mass is 10.0. The largest absolute Gasteiger partial charge is 0.361 e. The molecule has 0 aliphatic rings. The number of anilines is 1. The van der Waals surface area contributed by atoms with Gasteiger partial charge in [0.1, 0.15) is 11.5 Å². The van der Waals surface area contributed by atoms with Crippen LogP contribution in [0.4, 0.5) is 5.69 Å². The summed E-state index contributed by atoms with van der Waals surface area (Å²) in [6.07, 6.45) is 3.94. The van der Waals surface area contributed by atoms with Crippen LogP contribution in [0.5, 0.6) is 0 Å². The Morgan fingerprint density at radius 1 is 1.07 bits per heavy atom. The molecule has 0 fully saturated rings. The fourth-order valence-corrected chi connectivity index (χ4v) is 3.06. The molecule has 1 amide bonds. The van der Waals surface area contributed by atoms with E-state index in [1.54, 1.807) is 37.3 Å². The highest BCUT2D eigenvalue weighted by molar-refractivity contribution is 5.96. The van der Waals surface area contributed by atoms with E-state index in [2.05, 4.69) is 10.1 Å². The van der Waals surface area contributed by atoms with Crippen molar-refractivity contribution >= 4 is 17.4 Å². The molecular formula is C22H23N3O3. The van der Waals surface area contributed by atoms with Gasteiger partial charge in [0.2, 0.25) is 5.91 Å². The molecule has 1 aromatic carbocycles. The highest BCUT2D eigenvalue weighted by Gasteiger charge is 2.14. The highest BCUT2D eigenvalue weighted by Crippen LogP contribution is 2.27. The van der Waals surface area contributed by atoms with Gasteiger partial charge in [-0.15, -0.1) is 0 Å². The average Bonchev–Trinajstić information content (AvgIpc) is 3.11. The molecule has 0 aliphatic carbocycles. The molecule has 6 nitrogen and oxygen atoms in total. The molecule has 0 saturated carbocycles. The van der Waals surface area contributed by atoms with Crippen molar-refractivity contribution in [3.05, 3.63) is 65.3 Å². The number of hydrogen-bond acceptors (Lipinski definition) is 5. The van der Waals surface area contributed by atoms with E-state index in [1.165, 1.54) is 0 Å². The van der Waals surface area contributed by atoms with E-state index in [4.69, 9.17) is 4.52 Å². The second kappa shape index (κ2) is 8.17. The number of carbonyl (C=O) groups excluding carboxylic acids is 2. The van der Waals surface area contributed by atoms with Crippen LogP contribution in [0.25, 0.3) is 11.1 Å². The maximum atomic E-state index is 12.4. The lowest BCUT2D eigenvalue weighted by molar-refractivity contribution is -0.118. The lowest BCUT2D eigenvalue weighted by Gasteiger charge is -2.19. The summed E-state index contributed by atoms with van der Waals surface area (Å²) in [4.78, 5) is 30.3. The Morgan fingerprint density at radius 3 is 2.39 bits per heavy atom. The van der Waals surface area contributed by atoms with Crippen LogP contribution in [-0.4, -0.2) is 28.9 Å². The van der Waals surface area contributed by atoms with Crippen molar-refractivity contribution in [3.63, 3.8) is 0 Å². The van der Waals surface area contributed by atoms with Crippen molar-refractivity contribution < 1.29 is 14.1 Å². The summed E-state index contributed by atoms with van der Waals surface area (Å²) in [5.41, 5.74) is 4.97. The molecule has 2 aromatic heterocycles. The minimum Gasteiger partial charge on any atom is -0.361 e. The summed E-state index contributed by atoms with van der Waals surface area (Å²) in [6, 6.07) is 9.53. The number of amides is 1. The van der Waals surface area contributed by atoms with Gasteiger partial charge in [0.25, 0.3) is 0 Å². The summed E-state index contributed by atoms with van der Waals surface area (Å²) < 4.78 is 4.99. The molecule has 0 atom stereocenters. The van der Waals surface area contributed by atoms with E-state index < -0.39 is 0 Å². The Bertz CT molecular complexity index is 1010. The van der Waals surface area contributed by atoms with Crippen LogP contribution in [-0.2, 0) is 11.2 Å². The molecule has 28 heavy (non-hydrogen) atoms. The smallest absolute Gasteiger partial charge is 0.226 e. The van der Waals surface area contributed by atoms with Gasteiger partial charge in [-0.3, -0.25) is 14.6 Å². The van der Waals surface area contributed by atoms with Crippen molar-refractivity contribution in [1.29, 1.82) is 0 Å². The number of Topliss-reactive ketones (excluding diaryl/α,β-unsaturated/α-hetero) is 1. The molecule has 6 heteroatoms. The number of benzene rings is 1. The first kappa shape index (κ1) is 19.5. The molecule has 0 spiro atoms. The maximum Gasteiger partial charge on any atom is 0.226 e. The number of nitrogens with zero attached hydrogens (tertiary/aromatic N) is 3. The SMILES string of the molecule is CCC(=O)N(C)c1ccc(-c2ccc(C(=O)Cc3cnoc3C)nc2)cc1C. The van der Waals surface area contributed by atoms with Crippen LogP contribution in [0.2, 0.25) is 0 Å². The number of rotatable bonds is 6. The molecule has 3 rings (SSSR count). The van der Waals surface area contributed by atoms with Crippen molar-refractivity contribution in [2.24, 2.45) is 0 Å². The Kier molecular flexibility index (Phi) is 5.68. The van der Waals surface area contributed by atoms with Crippen LogP contribution >= 0.6 is 0 Å². The fraction of sp³-hybridized carbons (Fsp3) is 0.273. The first-order chi connectivity index (χ1) is 13.4. The Morgan fingerprint density at radius 2 is 1.82 bits per heavy atom. The van der Waals surface area contributed by atoms with Gasteiger partial charge in [-0.2, -0.15) is 0 Å². The van der Waals surface area contributed by atoms with Crippen LogP contribution in [0.3, 0.4) is 0 Å². The van der Waals surface area contributed by atoms with Crippen LogP contribution in [0.15, 0.2) is 47.2 Å². The van der Waals surface area contributed by atoms with Gasteiger partial charge in [0.05, 0.1) is 6.20 Å². The van der Waals surface area contributed by atoms with Crippen molar-refractivity contribution in [3.8, 4) is 11.1 Å². The minimum atomic E-state index is -0.0796. The van der Waals surface area contributed by atoms with E-state index in [1.807, 2.05) is 38.1 Å². The van der Waals surface area contributed by atoms with Gasteiger partial charge in [-0.05, 0) is 43.2 Å². The van der Waals surface area contributed by atoms with Gasteiger partial charge in [-0.25, -0.2) is 0 Å². The zero-order valence-electron chi connectivity index (χ0n) is 16.5. The van der Waals surface area contributed by atoms with Crippen molar-refractivity contribution in [2.75, 3.05) is 11.9 Å². The molecule has 0 aliphatic heterocycles. The monoisotopic (exact) mass is 377 g/mol.